The molecule has 5 heteroatoms. The molecule has 0 aromatic heterocycles. The van der Waals surface area contributed by atoms with Crippen LogP contribution in [0.2, 0.25) is 0 Å². The van der Waals surface area contributed by atoms with Crippen LogP contribution in [0.25, 0.3) is 0 Å². The zero-order valence-electron chi connectivity index (χ0n) is 12.3. The van der Waals surface area contributed by atoms with E-state index in [0.717, 1.165) is 17.7 Å². The predicted molar refractivity (Wildman–Crippen MR) is 78.0 cm³/mol. The number of ether oxygens (including phenoxy) is 1. The zero-order chi connectivity index (χ0) is 15.4. The molecule has 0 heterocycles. The van der Waals surface area contributed by atoms with Crippen LogP contribution in [0.5, 0.6) is 5.75 Å². The highest BCUT2D eigenvalue weighted by Gasteiger charge is 2.48. The SMILES string of the molecule is CCOc1ccccc1C(CC)NC(=O)C1CC1C(=O)O. The van der Waals surface area contributed by atoms with Crippen LogP contribution in [-0.2, 0) is 9.59 Å². The maximum atomic E-state index is 12.1. The molecule has 2 N–H and O–H groups in total. The molecular formula is C16H21NO4. The van der Waals surface area contributed by atoms with Gasteiger partial charge in [0.1, 0.15) is 5.75 Å². The van der Waals surface area contributed by atoms with Crippen LogP contribution in [0.4, 0.5) is 0 Å². The Morgan fingerprint density at radius 1 is 1.33 bits per heavy atom. The number of para-hydroxylation sites is 1. The van der Waals surface area contributed by atoms with Crippen molar-refractivity contribution in [2.24, 2.45) is 11.8 Å². The Hall–Kier alpha value is -2.04. The lowest BCUT2D eigenvalue weighted by Gasteiger charge is -2.20. The fraction of sp³-hybridized carbons (Fsp3) is 0.500. The third kappa shape index (κ3) is 3.54. The number of hydrogen-bond donors (Lipinski definition) is 2. The van der Waals surface area contributed by atoms with Crippen LogP contribution >= 0.6 is 0 Å². The Morgan fingerprint density at radius 3 is 2.62 bits per heavy atom. The number of benzene rings is 1. The molecule has 5 nitrogen and oxygen atoms in total. The van der Waals surface area contributed by atoms with Crippen molar-refractivity contribution >= 4 is 11.9 Å². The van der Waals surface area contributed by atoms with Gasteiger partial charge in [0.2, 0.25) is 5.91 Å². The van der Waals surface area contributed by atoms with Gasteiger partial charge in [-0.15, -0.1) is 0 Å². The van der Waals surface area contributed by atoms with Gasteiger partial charge in [-0.25, -0.2) is 0 Å². The first-order valence-electron chi connectivity index (χ1n) is 7.33. The second kappa shape index (κ2) is 6.61. The minimum Gasteiger partial charge on any atom is -0.494 e. The van der Waals surface area contributed by atoms with Gasteiger partial charge >= 0.3 is 5.97 Å². The minimum absolute atomic E-state index is 0.157. The Morgan fingerprint density at radius 2 is 2.05 bits per heavy atom. The Bertz CT molecular complexity index is 529. The number of carbonyl (C=O) groups excluding carboxylic acids is 1. The number of rotatable bonds is 7. The lowest BCUT2D eigenvalue weighted by atomic mass is 10.0. The van der Waals surface area contributed by atoms with E-state index in [-0.39, 0.29) is 11.9 Å². The van der Waals surface area contributed by atoms with E-state index in [4.69, 9.17) is 9.84 Å². The lowest BCUT2D eigenvalue weighted by Crippen LogP contribution is -2.30. The molecule has 1 saturated carbocycles. The molecule has 114 valence electrons. The van der Waals surface area contributed by atoms with Crippen molar-refractivity contribution in [2.45, 2.75) is 32.7 Å². The standard InChI is InChI=1S/C16H21NO4/c1-3-13(10-7-5-6-8-14(10)21-4-2)17-15(18)11-9-12(11)16(19)20/h5-8,11-13H,3-4,9H2,1-2H3,(H,17,18)(H,19,20). The summed E-state index contributed by atoms with van der Waals surface area (Å²) >= 11 is 0. The smallest absolute Gasteiger partial charge is 0.307 e. The van der Waals surface area contributed by atoms with E-state index in [0.29, 0.717) is 13.0 Å². The van der Waals surface area contributed by atoms with Crippen LogP contribution in [-0.4, -0.2) is 23.6 Å². The lowest BCUT2D eigenvalue weighted by molar-refractivity contribution is -0.140. The highest BCUT2D eigenvalue weighted by Crippen LogP contribution is 2.39. The average Bonchev–Trinajstić information content (AvgIpc) is 3.26. The molecular weight excluding hydrogens is 270 g/mol. The summed E-state index contributed by atoms with van der Waals surface area (Å²) in [5.74, 6) is -1.23. The zero-order valence-corrected chi connectivity index (χ0v) is 12.3. The van der Waals surface area contributed by atoms with Gasteiger partial charge in [0.05, 0.1) is 24.5 Å². The van der Waals surface area contributed by atoms with Crippen LogP contribution in [0, 0.1) is 11.8 Å². The number of aliphatic carboxylic acids is 1. The van der Waals surface area contributed by atoms with Gasteiger partial charge in [0, 0.05) is 5.56 Å². The molecule has 0 aliphatic heterocycles. The Labute approximate surface area is 124 Å². The topological polar surface area (TPSA) is 75.6 Å². The Kier molecular flexibility index (Phi) is 4.83. The molecule has 1 amide bonds. The summed E-state index contributed by atoms with van der Waals surface area (Å²) in [4.78, 5) is 23.0. The van der Waals surface area contributed by atoms with Gasteiger partial charge in [-0.05, 0) is 25.8 Å². The molecule has 1 aromatic carbocycles. The van der Waals surface area contributed by atoms with Crippen molar-refractivity contribution in [1.29, 1.82) is 0 Å². The van der Waals surface area contributed by atoms with Crippen molar-refractivity contribution in [3.63, 3.8) is 0 Å². The van der Waals surface area contributed by atoms with Crippen molar-refractivity contribution in [3.8, 4) is 5.75 Å². The summed E-state index contributed by atoms with van der Waals surface area (Å²) in [7, 11) is 0. The molecule has 0 bridgehead atoms. The number of nitrogens with one attached hydrogen (secondary N) is 1. The van der Waals surface area contributed by atoms with Gasteiger partial charge in [0.15, 0.2) is 0 Å². The largest absolute Gasteiger partial charge is 0.494 e. The summed E-state index contributed by atoms with van der Waals surface area (Å²) in [5.41, 5.74) is 0.933. The van der Waals surface area contributed by atoms with Crippen LogP contribution in [0.15, 0.2) is 24.3 Å². The van der Waals surface area contributed by atoms with E-state index in [1.165, 1.54) is 0 Å². The van der Waals surface area contributed by atoms with Gasteiger partial charge in [-0.2, -0.15) is 0 Å². The fourth-order valence-electron chi connectivity index (χ4n) is 2.49. The monoisotopic (exact) mass is 291 g/mol. The Balaban J connectivity index is 2.07. The normalized spacial score (nSPS) is 21.4. The fourth-order valence-corrected chi connectivity index (χ4v) is 2.49. The van der Waals surface area contributed by atoms with Crippen LogP contribution < -0.4 is 10.1 Å². The average molecular weight is 291 g/mol. The maximum absolute atomic E-state index is 12.1. The van der Waals surface area contributed by atoms with Crippen molar-refractivity contribution in [1.82, 2.24) is 5.32 Å². The third-order valence-corrected chi connectivity index (χ3v) is 3.76. The summed E-state index contributed by atoms with van der Waals surface area (Å²) in [6, 6.07) is 7.45. The van der Waals surface area contributed by atoms with E-state index < -0.39 is 17.8 Å². The predicted octanol–water partition coefficient (Wildman–Crippen LogP) is 2.37. The molecule has 1 aliphatic carbocycles. The van der Waals surface area contributed by atoms with Crippen LogP contribution in [0.1, 0.15) is 38.3 Å². The highest BCUT2D eigenvalue weighted by atomic mass is 16.5. The van der Waals surface area contributed by atoms with Gasteiger partial charge < -0.3 is 15.2 Å². The molecule has 1 fully saturated rings. The van der Waals surface area contributed by atoms with Crippen molar-refractivity contribution < 1.29 is 19.4 Å². The summed E-state index contributed by atoms with van der Waals surface area (Å²) in [5, 5.41) is 11.8. The molecule has 1 aromatic rings. The van der Waals surface area contributed by atoms with Gasteiger partial charge in [-0.3, -0.25) is 9.59 Å². The second-order valence-electron chi connectivity index (χ2n) is 5.23. The molecule has 3 atom stereocenters. The molecule has 0 radical (unpaired) electrons. The molecule has 0 saturated heterocycles. The van der Waals surface area contributed by atoms with Gasteiger partial charge in [-0.1, -0.05) is 25.1 Å². The number of carboxylic acid groups (broad SMARTS) is 1. The first-order valence-corrected chi connectivity index (χ1v) is 7.33. The van der Waals surface area contributed by atoms with E-state index in [1.54, 1.807) is 0 Å². The van der Waals surface area contributed by atoms with Crippen molar-refractivity contribution in [3.05, 3.63) is 29.8 Å². The van der Waals surface area contributed by atoms with E-state index in [9.17, 15) is 9.59 Å². The van der Waals surface area contributed by atoms with Crippen LogP contribution in [0.3, 0.4) is 0 Å². The number of amides is 1. The number of hydrogen-bond acceptors (Lipinski definition) is 3. The van der Waals surface area contributed by atoms with E-state index in [1.807, 2.05) is 38.1 Å². The molecule has 2 rings (SSSR count). The molecule has 0 spiro atoms. The molecule has 21 heavy (non-hydrogen) atoms. The number of carbonyl (C=O) groups is 2. The summed E-state index contributed by atoms with van der Waals surface area (Å²) in [6.07, 6.45) is 1.16. The molecule has 3 unspecified atom stereocenters. The second-order valence-corrected chi connectivity index (χ2v) is 5.23. The quantitative estimate of drug-likeness (QED) is 0.808. The minimum atomic E-state index is -0.891. The summed E-state index contributed by atoms with van der Waals surface area (Å²) < 4.78 is 5.59. The summed E-state index contributed by atoms with van der Waals surface area (Å²) in [6.45, 7) is 4.46. The highest BCUT2D eigenvalue weighted by molar-refractivity contribution is 5.89. The first-order chi connectivity index (χ1) is 10.1. The third-order valence-electron chi connectivity index (χ3n) is 3.76. The first kappa shape index (κ1) is 15.4. The van der Waals surface area contributed by atoms with Gasteiger partial charge in [0.25, 0.3) is 0 Å². The van der Waals surface area contributed by atoms with Crippen molar-refractivity contribution in [2.75, 3.05) is 6.61 Å². The van der Waals surface area contributed by atoms with E-state index >= 15 is 0 Å². The molecule has 1 aliphatic rings. The van der Waals surface area contributed by atoms with E-state index in [2.05, 4.69) is 5.32 Å². The maximum Gasteiger partial charge on any atom is 0.307 e. The number of carboxylic acids is 1.